The highest BCUT2D eigenvalue weighted by Crippen LogP contribution is 2.28. The lowest BCUT2D eigenvalue weighted by molar-refractivity contribution is -0.384. The monoisotopic (exact) mass is 315 g/mol. The maximum Gasteiger partial charge on any atom is 0.293 e. The quantitative estimate of drug-likeness (QED) is 0.604. The molecule has 0 fully saturated rings. The third-order valence-electron chi connectivity index (χ3n) is 3.23. The van der Waals surface area contributed by atoms with Crippen LogP contribution in [-0.2, 0) is 0 Å². The average molecular weight is 315 g/mol. The number of hydrogen-bond acceptors (Lipinski definition) is 5. The van der Waals surface area contributed by atoms with Crippen LogP contribution in [0.25, 0.3) is 0 Å². The van der Waals surface area contributed by atoms with E-state index in [9.17, 15) is 14.5 Å². The number of para-hydroxylation sites is 1. The molecule has 0 aliphatic rings. The van der Waals surface area contributed by atoms with Crippen LogP contribution in [-0.4, -0.2) is 25.1 Å². The number of nitriles is 1. The van der Waals surface area contributed by atoms with Gasteiger partial charge in [-0.25, -0.2) is 4.39 Å². The molecule has 0 bridgehead atoms. The second-order valence-electron chi connectivity index (χ2n) is 4.77. The highest BCUT2D eigenvalue weighted by Gasteiger charge is 2.18. The van der Waals surface area contributed by atoms with Gasteiger partial charge >= 0.3 is 0 Å². The van der Waals surface area contributed by atoms with Crippen molar-refractivity contribution >= 4 is 11.4 Å². The number of nitrogens with zero attached hydrogens (tertiary/aromatic N) is 3. The fourth-order valence-corrected chi connectivity index (χ4v) is 2.04. The molecule has 0 radical (unpaired) electrons. The molecule has 0 aliphatic carbocycles. The fraction of sp³-hybridized carbons (Fsp3) is 0.188. The zero-order valence-corrected chi connectivity index (χ0v) is 12.4. The second-order valence-corrected chi connectivity index (χ2v) is 4.77. The van der Waals surface area contributed by atoms with Gasteiger partial charge in [0.1, 0.15) is 12.3 Å². The summed E-state index contributed by atoms with van der Waals surface area (Å²) in [5, 5.41) is 19.9. The summed E-state index contributed by atoms with van der Waals surface area (Å²) in [5.74, 6) is -0.324. The number of halogens is 1. The number of benzene rings is 2. The van der Waals surface area contributed by atoms with Crippen LogP contribution in [0, 0.1) is 27.3 Å². The van der Waals surface area contributed by atoms with Crippen molar-refractivity contribution in [2.24, 2.45) is 0 Å². The summed E-state index contributed by atoms with van der Waals surface area (Å²) in [4.78, 5) is 12.2. The summed E-state index contributed by atoms with van der Waals surface area (Å²) in [7, 11) is 1.67. The lowest BCUT2D eigenvalue weighted by Crippen LogP contribution is -2.24. The molecule has 0 amide bonds. The molecule has 2 rings (SSSR count). The van der Waals surface area contributed by atoms with E-state index in [4.69, 9.17) is 10.00 Å². The van der Waals surface area contributed by atoms with Crippen LogP contribution in [0.5, 0.6) is 5.75 Å². The normalized spacial score (nSPS) is 9.96. The Bertz CT molecular complexity index is 758. The number of anilines is 1. The van der Waals surface area contributed by atoms with E-state index in [1.807, 2.05) is 6.07 Å². The van der Waals surface area contributed by atoms with Crippen molar-refractivity contribution in [3.63, 3.8) is 0 Å². The van der Waals surface area contributed by atoms with Gasteiger partial charge in [0.05, 0.1) is 23.1 Å². The summed E-state index contributed by atoms with van der Waals surface area (Å²) in [6, 6.07) is 12.2. The van der Waals surface area contributed by atoms with Crippen molar-refractivity contribution in [2.45, 2.75) is 0 Å². The number of rotatable bonds is 6. The minimum absolute atomic E-state index is 0.134. The van der Waals surface area contributed by atoms with Crippen molar-refractivity contribution in [3.8, 4) is 11.8 Å². The maximum absolute atomic E-state index is 13.4. The first-order valence-electron chi connectivity index (χ1n) is 6.80. The van der Waals surface area contributed by atoms with Gasteiger partial charge in [0.2, 0.25) is 0 Å². The molecule has 0 atom stereocenters. The van der Waals surface area contributed by atoms with E-state index in [-0.39, 0.29) is 23.6 Å². The van der Waals surface area contributed by atoms with Crippen molar-refractivity contribution in [1.29, 1.82) is 5.26 Å². The van der Waals surface area contributed by atoms with Crippen molar-refractivity contribution in [1.82, 2.24) is 0 Å². The molecule has 0 N–H and O–H groups in total. The Morgan fingerprint density at radius 2 is 2.09 bits per heavy atom. The predicted octanol–water partition coefficient (Wildman–Crippen LogP) is 3.12. The topological polar surface area (TPSA) is 79.4 Å². The molecule has 6 nitrogen and oxygen atoms in total. The van der Waals surface area contributed by atoms with Gasteiger partial charge in [0, 0.05) is 13.1 Å². The van der Waals surface area contributed by atoms with Crippen LogP contribution < -0.4 is 9.64 Å². The molecule has 0 saturated heterocycles. The maximum atomic E-state index is 13.4. The zero-order valence-electron chi connectivity index (χ0n) is 12.4. The first-order valence-corrected chi connectivity index (χ1v) is 6.80. The minimum Gasteiger partial charge on any atom is -0.489 e. The smallest absolute Gasteiger partial charge is 0.293 e. The lowest BCUT2D eigenvalue weighted by Gasteiger charge is -2.19. The van der Waals surface area contributed by atoms with Gasteiger partial charge in [-0.05, 0) is 24.3 Å². The number of nitro groups is 1. The molecule has 0 spiro atoms. The minimum atomic E-state index is -0.537. The highest BCUT2D eigenvalue weighted by molar-refractivity contribution is 5.65. The van der Waals surface area contributed by atoms with Crippen molar-refractivity contribution < 1.29 is 14.1 Å². The van der Waals surface area contributed by atoms with E-state index in [0.29, 0.717) is 12.2 Å². The van der Waals surface area contributed by atoms with Crippen LogP contribution in [0.15, 0.2) is 42.5 Å². The first-order chi connectivity index (χ1) is 11.0. The Hall–Kier alpha value is -3.14. The van der Waals surface area contributed by atoms with Crippen molar-refractivity contribution in [2.75, 3.05) is 25.1 Å². The summed E-state index contributed by atoms with van der Waals surface area (Å²) >= 11 is 0. The SMILES string of the molecule is CN(CCOc1ccccc1F)c1ccc(C#N)cc1[N+](=O)[O-]. The van der Waals surface area contributed by atoms with Gasteiger partial charge in [-0.1, -0.05) is 12.1 Å². The molecule has 0 aromatic heterocycles. The number of hydrogen-bond donors (Lipinski definition) is 0. The van der Waals surface area contributed by atoms with E-state index in [0.717, 1.165) is 0 Å². The molecule has 2 aromatic carbocycles. The number of ether oxygens (including phenoxy) is 1. The van der Waals surface area contributed by atoms with E-state index in [1.54, 1.807) is 24.1 Å². The molecule has 0 heterocycles. The van der Waals surface area contributed by atoms with Gasteiger partial charge in [-0.3, -0.25) is 10.1 Å². The Morgan fingerprint density at radius 3 is 2.74 bits per heavy atom. The third-order valence-corrected chi connectivity index (χ3v) is 3.23. The number of likely N-dealkylation sites (N-methyl/N-ethyl adjacent to an activating group) is 1. The van der Waals surface area contributed by atoms with E-state index >= 15 is 0 Å². The first kappa shape index (κ1) is 16.2. The largest absolute Gasteiger partial charge is 0.489 e. The Morgan fingerprint density at radius 1 is 1.35 bits per heavy atom. The van der Waals surface area contributed by atoms with Crippen LogP contribution in [0.3, 0.4) is 0 Å². The summed E-state index contributed by atoms with van der Waals surface area (Å²) in [5.41, 5.74) is 0.431. The Kier molecular flexibility index (Phi) is 5.10. The number of nitro benzene ring substituents is 1. The predicted molar refractivity (Wildman–Crippen MR) is 83.0 cm³/mol. The van der Waals surface area contributed by atoms with Crippen LogP contribution in [0.2, 0.25) is 0 Å². The fourth-order valence-electron chi connectivity index (χ4n) is 2.04. The molecule has 23 heavy (non-hydrogen) atoms. The molecular weight excluding hydrogens is 301 g/mol. The second kappa shape index (κ2) is 7.22. The molecule has 7 heteroatoms. The van der Waals surface area contributed by atoms with Gasteiger partial charge in [-0.2, -0.15) is 5.26 Å². The Balaban J connectivity index is 2.06. The van der Waals surface area contributed by atoms with Crippen LogP contribution in [0.1, 0.15) is 5.56 Å². The molecular formula is C16H14FN3O3. The molecule has 118 valence electrons. The highest BCUT2D eigenvalue weighted by atomic mass is 19.1. The van der Waals surface area contributed by atoms with Gasteiger partial charge in [0.15, 0.2) is 11.6 Å². The van der Waals surface area contributed by atoms with Gasteiger partial charge in [-0.15, -0.1) is 0 Å². The van der Waals surface area contributed by atoms with Crippen LogP contribution in [0.4, 0.5) is 15.8 Å². The van der Waals surface area contributed by atoms with Gasteiger partial charge < -0.3 is 9.64 Å². The standard InChI is InChI=1S/C16H14FN3O3/c1-19(8-9-23-16-5-3-2-4-13(16)17)14-7-6-12(11-18)10-15(14)20(21)22/h2-7,10H,8-9H2,1H3. The summed E-state index contributed by atoms with van der Waals surface area (Å²) < 4.78 is 18.8. The lowest BCUT2D eigenvalue weighted by atomic mass is 10.2. The molecule has 0 unspecified atom stereocenters. The van der Waals surface area contributed by atoms with Crippen molar-refractivity contribution in [3.05, 3.63) is 64.0 Å². The van der Waals surface area contributed by atoms with E-state index in [1.165, 1.54) is 30.3 Å². The molecule has 2 aromatic rings. The van der Waals surface area contributed by atoms with E-state index < -0.39 is 10.7 Å². The molecule has 0 saturated carbocycles. The summed E-state index contributed by atoms with van der Waals surface area (Å²) in [6.07, 6.45) is 0. The summed E-state index contributed by atoms with van der Waals surface area (Å²) in [6.45, 7) is 0.482. The average Bonchev–Trinajstić information content (AvgIpc) is 2.55. The van der Waals surface area contributed by atoms with Gasteiger partial charge in [0.25, 0.3) is 5.69 Å². The van der Waals surface area contributed by atoms with E-state index in [2.05, 4.69) is 0 Å². The molecule has 0 aliphatic heterocycles. The van der Waals surface area contributed by atoms with Crippen LogP contribution >= 0.6 is 0 Å². The third kappa shape index (κ3) is 3.95. The zero-order chi connectivity index (χ0) is 16.8. The Labute approximate surface area is 132 Å².